The average molecular weight is 229 g/mol. The zero-order chi connectivity index (χ0) is 12.4. The van der Waals surface area contributed by atoms with Crippen molar-refractivity contribution in [3.63, 3.8) is 0 Å². The molecule has 0 amide bonds. The molecular weight excluding hydrogens is 213 g/mol. The topological polar surface area (TPSA) is 26.0 Å². The Hall–Kier alpha value is -1.67. The van der Waals surface area contributed by atoms with Gasteiger partial charge >= 0.3 is 0 Å². The van der Waals surface area contributed by atoms with Crippen LogP contribution in [0.4, 0.5) is 4.39 Å². The van der Waals surface area contributed by atoms with E-state index in [1.54, 1.807) is 6.07 Å². The Bertz CT molecular complexity index is 532. The fourth-order valence-corrected chi connectivity index (χ4v) is 2.07. The molecular formula is C15H16FN. The summed E-state index contributed by atoms with van der Waals surface area (Å²) in [6.45, 7) is 3.87. The largest absolute Gasteiger partial charge is 0.324 e. The molecule has 88 valence electrons. The zero-order valence-electron chi connectivity index (χ0n) is 10.1. The molecule has 2 aromatic rings. The van der Waals surface area contributed by atoms with Crippen molar-refractivity contribution in [1.82, 2.24) is 0 Å². The van der Waals surface area contributed by atoms with Crippen molar-refractivity contribution >= 4 is 0 Å². The summed E-state index contributed by atoms with van der Waals surface area (Å²) in [7, 11) is 0. The predicted octanol–water partition coefficient (Wildman–Crippen LogP) is 3.82. The molecule has 2 N–H and O–H groups in total. The molecule has 1 nitrogen and oxygen atoms in total. The Labute approximate surface area is 101 Å². The van der Waals surface area contributed by atoms with Crippen LogP contribution in [0.25, 0.3) is 11.1 Å². The van der Waals surface area contributed by atoms with E-state index in [9.17, 15) is 4.39 Å². The minimum atomic E-state index is -0.204. The van der Waals surface area contributed by atoms with Crippen LogP contribution in [0.1, 0.15) is 24.1 Å². The average Bonchev–Trinajstić information content (AvgIpc) is 2.29. The first-order valence-electron chi connectivity index (χ1n) is 5.70. The van der Waals surface area contributed by atoms with Gasteiger partial charge in [-0.25, -0.2) is 4.39 Å². The van der Waals surface area contributed by atoms with Crippen LogP contribution >= 0.6 is 0 Å². The van der Waals surface area contributed by atoms with Crippen molar-refractivity contribution in [3.05, 3.63) is 59.4 Å². The normalized spacial score (nSPS) is 12.5. The van der Waals surface area contributed by atoms with Crippen LogP contribution < -0.4 is 5.73 Å². The molecule has 0 aliphatic rings. The van der Waals surface area contributed by atoms with Gasteiger partial charge in [-0.3, -0.25) is 0 Å². The third kappa shape index (κ3) is 2.37. The molecule has 0 aromatic heterocycles. The molecule has 0 heterocycles. The van der Waals surface area contributed by atoms with E-state index in [2.05, 4.69) is 0 Å². The molecule has 0 spiro atoms. The highest BCUT2D eigenvalue weighted by molar-refractivity contribution is 5.71. The van der Waals surface area contributed by atoms with E-state index in [1.165, 1.54) is 6.07 Å². The smallest absolute Gasteiger partial charge is 0.123 e. The van der Waals surface area contributed by atoms with Crippen LogP contribution in [0.2, 0.25) is 0 Å². The minimum Gasteiger partial charge on any atom is -0.324 e. The van der Waals surface area contributed by atoms with Crippen molar-refractivity contribution in [3.8, 4) is 11.1 Å². The molecule has 2 rings (SSSR count). The van der Waals surface area contributed by atoms with E-state index < -0.39 is 0 Å². The third-order valence-electron chi connectivity index (χ3n) is 2.93. The monoisotopic (exact) mass is 229 g/mol. The second-order valence-corrected chi connectivity index (χ2v) is 4.34. The molecule has 1 unspecified atom stereocenters. The molecule has 0 aliphatic carbocycles. The number of hydrogen-bond donors (Lipinski definition) is 1. The van der Waals surface area contributed by atoms with E-state index in [0.29, 0.717) is 0 Å². The Morgan fingerprint density at radius 3 is 2.41 bits per heavy atom. The maximum absolute atomic E-state index is 13.1. The Morgan fingerprint density at radius 1 is 1.06 bits per heavy atom. The van der Waals surface area contributed by atoms with Gasteiger partial charge in [-0.2, -0.15) is 0 Å². The third-order valence-corrected chi connectivity index (χ3v) is 2.93. The highest BCUT2D eigenvalue weighted by Crippen LogP contribution is 2.29. The molecule has 1 atom stereocenters. The number of benzene rings is 2. The summed E-state index contributed by atoms with van der Waals surface area (Å²) in [5.41, 5.74) is 10.1. The quantitative estimate of drug-likeness (QED) is 0.832. The van der Waals surface area contributed by atoms with Gasteiger partial charge in [-0.1, -0.05) is 30.3 Å². The summed E-state index contributed by atoms with van der Waals surface area (Å²) in [6.07, 6.45) is 0. The molecule has 2 heteroatoms. The van der Waals surface area contributed by atoms with E-state index in [4.69, 9.17) is 5.73 Å². The van der Waals surface area contributed by atoms with Crippen LogP contribution in [0, 0.1) is 12.7 Å². The highest BCUT2D eigenvalue weighted by Gasteiger charge is 2.10. The molecule has 0 aliphatic heterocycles. The first kappa shape index (κ1) is 11.8. The van der Waals surface area contributed by atoms with Crippen molar-refractivity contribution in [2.75, 3.05) is 0 Å². The Morgan fingerprint density at radius 2 is 1.76 bits per heavy atom. The first-order chi connectivity index (χ1) is 8.09. The maximum atomic E-state index is 13.1. The highest BCUT2D eigenvalue weighted by atomic mass is 19.1. The lowest BCUT2D eigenvalue weighted by atomic mass is 9.93. The number of hydrogen-bond acceptors (Lipinski definition) is 1. The fraction of sp³-hybridized carbons (Fsp3) is 0.200. The Balaban J connectivity index is 2.60. The standard InChI is InChI=1S/C15H16FN/c1-10-9-12(16)7-8-13(10)15-6-4-3-5-14(15)11(2)17/h3-9,11H,17H2,1-2H3. The number of aryl methyl sites for hydroxylation is 1. The van der Waals surface area contributed by atoms with Gasteiger partial charge in [0.15, 0.2) is 0 Å². The van der Waals surface area contributed by atoms with Crippen molar-refractivity contribution in [2.45, 2.75) is 19.9 Å². The van der Waals surface area contributed by atoms with E-state index in [-0.39, 0.29) is 11.9 Å². The van der Waals surface area contributed by atoms with Gasteiger partial charge in [0.05, 0.1) is 0 Å². The second kappa shape index (κ2) is 4.68. The van der Waals surface area contributed by atoms with Gasteiger partial charge in [-0.15, -0.1) is 0 Å². The van der Waals surface area contributed by atoms with Crippen LogP contribution in [0.3, 0.4) is 0 Å². The molecule has 17 heavy (non-hydrogen) atoms. The Kier molecular flexibility index (Phi) is 3.25. The number of nitrogens with two attached hydrogens (primary N) is 1. The van der Waals surface area contributed by atoms with Crippen molar-refractivity contribution < 1.29 is 4.39 Å². The molecule has 0 fully saturated rings. The van der Waals surface area contributed by atoms with E-state index >= 15 is 0 Å². The van der Waals surface area contributed by atoms with E-state index in [0.717, 1.165) is 22.3 Å². The minimum absolute atomic E-state index is 0.0318. The molecule has 0 saturated heterocycles. The van der Waals surface area contributed by atoms with E-state index in [1.807, 2.05) is 44.2 Å². The van der Waals surface area contributed by atoms with Gasteiger partial charge in [0, 0.05) is 6.04 Å². The lowest BCUT2D eigenvalue weighted by Gasteiger charge is -2.14. The van der Waals surface area contributed by atoms with Crippen LogP contribution in [0.15, 0.2) is 42.5 Å². The summed E-state index contributed by atoms with van der Waals surface area (Å²) in [5, 5.41) is 0. The van der Waals surface area contributed by atoms with Gasteiger partial charge in [0.25, 0.3) is 0 Å². The van der Waals surface area contributed by atoms with Gasteiger partial charge in [-0.05, 0) is 48.2 Å². The maximum Gasteiger partial charge on any atom is 0.123 e. The summed E-state index contributed by atoms with van der Waals surface area (Å²) < 4.78 is 13.1. The van der Waals surface area contributed by atoms with Crippen LogP contribution in [-0.4, -0.2) is 0 Å². The van der Waals surface area contributed by atoms with Gasteiger partial charge < -0.3 is 5.73 Å². The van der Waals surface area contributed by atoms with Crippen LogP contribution in [-0.2, 0) is 0 Å². The fourth-order valence-electron chi connectivity index (χ4n) is 2.07. The predicted molar refractivity (Wildman–Crippen MR) is 69.2 cm³/mol. The molecule has 0 saturated carbocycles. The second-order valence-electron chi connectivity index (χ2n) is 4.34. The van der Waals surface area contributed by atoms with Gasteiger partial charge in [0.1, 0.15) is 5.82 Å². The lowest BCUT2D eigenvalue weighted by molar-refractivity contribution is 0.627. The van der Waals surface area contributed by atoms with Gasteiger partial charge in [0.2, 0.25) is 0 Å². The van der Waals surface area contributed by atoms with Crippen molar-refractivity contribution in [1.29, 1.82) is 0 Å². The number of rotatable bonds is 2. The molecule has 2 aromatic carbocycles. The number of halogens is 1. The van der Waals surface area contributed by atoms with Crippen molar-refractivity contribution in [2.24, 2.45) is 5.73 Å². The molecule has 0 bridgehead atoms. The lowest BCUT2D eigenvalue weighted by Crippen LogP contribution is -2.06. The summed E-state index contributed by atoms with van der Waals surface area (Å²) in [4.78, 5) is 0. The first-order valence-corrected chi connectivity index (χ1v) is 5.70. The van der Waals surface area contributed by atoms with Crippen LogP contribution in [0.5, 0.6) is 0 Å². The summed E-state index contributed by atoms with van der Waals surface area (Å²) >= 11 is 0. The zero-order valence-corrected chi connectivity index (χ0v) is 10.1. The SMILES string of the molecule is Cc1cc(F)ccc1-c1ccccc1C(C)N. The summed E-state index contributed by atoms with van der Waals surface area (Å²) in [5.74, 6) is -0.204. The summed E-state index contributed by atoms with van der Waals surface area (Å²) in [6, 6.07) is 12.8. The molecule has 0 radical (unpaired) electrons.